The highest BCUT2D eigenvalue weighted by Crippen LogP contribution is 2.33. The Morgan fingerprint density at radius 1 is 1.45 bits per heavy atom. The number of aryl methyl sites for hydroxylation is 2. The normalized spacial score (nSPS) is 13.9. The lowest BCUT2D eigenvalue weighted by Gasteiger charge is -2.16. The summed E-state index contributed by atoms with van der Waals surface area (Å²) in [5.74, 6) is 0.488. The third-order valence-electron chi connectivity index (χ3n) is 3.26. The number of nitrogen functional groups attached to an aromatic ring is 1. The summed E-state index contributed by atoms with van der Waals surface area (Å²) < 4.78 is 1.74. The molecule has 0 aliphatic carbocycles. The Bertz CT molecular complexity index is 710. The summed E-state index contributed by atoms with van der Waals surface area (Å²) in [6.45, 7) is 2.29. The fourth-order valence-corrected chi connectivity index (χ4v) is 2.58. The first kappa shape index (κ1) is 12.9. The van der Waals surface area contributed by atoms with Crippen molar-refractivity contribution >= 4 is 29.3 Å². The number of rotatable bonds is 2. The van der Waals surface area contributed by atoms with Gasteiger partial charge in [0.2, 0.25) is 11.9 Å². The largest absolute Gasteiger partial charge is 0.368 e. The van der Waals surface area contributed by atoms with Crippen molar-refractivity contribution in [2.75, 3.05) is 10.6 Å². The van der Waals surface area contributed by atoms with Crippen LogP contribution in [-0.2, 0) is 24.8 Å². The molecule has 3 rings (SSSR count). The van der Waals surface area contributed by atoms with E-state index < -0.39 is 0 Å². The van der Waals surface area contributed by atoms with Crippen molar-refractivity contribution in [2.24, 2.45) is 7.05 Å². The predicted octanol–water partition coefficient (Wildman–Crippen LogP) is 0.843. The van der Waals surface area contributed by atoms with E-state index in [1.165, 1.54) is 0 Å². The van der Waals surface area contributed by atoms with E-state index in [1.54, 1.807) is 9.58 Å². The number of carbonyl (C=O) groups is 1. The lowest BCUT2D eigenvalue weighted by atomic mass is 10.3. The Balaban J connectivity index is 2.00. The second-order valence-corrected chi connectivity index (χ2v) is 5.09. The molecule has 0 radical (unpaired) electrons. The third kappa shape index (κ3) is 2.00. The number of halogens is 1. The molecule has 3 heterocycles. The minimum absolute atomic E-state index is 0.0645. The van der Waals surface area contributed by atoms with Gasteiger partial charge >= 0.3 is 0 Å². The number of aromatic nitrogens is 4. The van der Waals surface area contributed by atoms with Gasteiger partial charge in [-0.1, -0.05) is 11.6 Å². The Labute approximate surface area is 120 Å². The Kier molecular flexibility index (Phi) is 2.86. The molecule has 2 aromatic heterocycles. The smallest absolute Gasteiger partial charge is 0.233 e. The number of fused-ring (bicyclic) bond motifs is 1. The van der Waals surface area contributed by atoms with E-state index >= 15 is 0 Å². The first-order valence-corrected chi connectivity index (χ1v) is 6.45. The second kappa shape index (κ2) is 4.45. The topological polar surface area (TPSA) is 89.9 Å². The van der Waals surface area contributed by atoms with Crippen LogP contribution in [0.1, 0.15) is 17.0 Å². The van der Waals surface area contributed by atoms with Crippen LogP contribution in [0.2, 0.25) is 5.15 Å². The highest BCUT2D eigenvalue weighted by molar-refractivity contribution is 6.31. The standard InChI is InChI=1S/C12H13ClN6O/c1-6-3-7(18(2)17-6)5-19-9(20)4-8-10(13)15-12(14)16-11(8)19/h3H,4-5H2,1-2H3,(H2,14,15,16). The van der Waals surface area contributed by atoms with Crippen LogP contribution in [0.4, 0.5) is 11.8 Å². The van der Waals surface area contributed by atoms with Gasteiger partial charge in [0.1, 0.15) is 11.0 Å². The first-order valence-electron chi connectivity index (χ1n) is 6.07. The van der Waals surface area contributed by atoms with Crippen LogP contribution in [0, 0.1) is 6.92 Å². The maximum Gasteiger partial charge on any atom is 0.233 e. The fourth-order valence-electron chi connectivity index (χ4n) is 2.34. The molecule has 2 aromatic rings. The van der Waals surface area contributed by atoms with E-state index in [2.05, 4.69) is 15.1 Å². The third-order valence-corrected chi connectivity index (χ3v) is 3.57. The van der Waals surface area contributed by atoms with E-state index in [1.807, 2.05) is 20.0 Å². The van der Waals surface area contributed by atoms with Crippen molar-refractivity contribution in [1.82, 2.24) is 19.7 Å². The minimum Gasteiger partial charge on any atom is -0.368 e. The van der Waals surface area contributed by atoms with Crippen LogP contribution in [0.3, 0.4) is 0 Å². The van der Waals surface area contributed by atoms with Gasteiger partial charge in [-0.25, -0.2) is 4.98 Å². The summed E-state index contributed by atoms with van der Waals surface area (Å²) in [6.07, 6.45) is 0.200. The molecule has 104 valence electrons. The van der Waals surface area contributed by atoms with Gasteiger partial charge in [0.25, 0.3) is 0 Å². The SMILES string of the molecule is Cc1cc(CN2C(=O)Cc3c(Cl)nc(N)nc32)n(C)n1. The van der Waals surface area contributed by atoms with Crippen molar-refractivity contribution in [3.8, 4) is 0 Å². The number of anilines is 2. The van der Waals surface area contributed by atoms with E-state index in [9.17, 15) is 4.79 Å². The lowest BCUT2D eigenvalue weighted by molar-refractivity contribution is -0.117. The molecule has 0 fully saturated rings. The number of hydrogen-bond acceptors (Lipinski definition) is 5. The van der Waals surface area contributed by atoms with E-state index in [0.29, 0.717) is 17.9 Å². The molecule has 20 heavy (non-hydrogen) atoms. The zero-order valence-corrected chi connectivity index (χ0v) is 11.8. The Hall–Kier alpha value is -2.15. The zero-order chi connectivity index (χ0) is 14.4. The van der Waals surface area contributed by atoms with Crippen molar-refractivity contribution in [3.05, 3.63) is 28.2 Å². The van der Waals surface area contributed by atoms with Crippen molar-refractivity contribution < 1.29 is 4.79 Å². The summed E-state index contributed by atoms with van der Waals surface area (Å²) in [7, 11) is 1.84. The molecule has 0 aromatic carbocycles. The van der Waals surface area contributed by atoms with Crippen LogP contribution >= 0.6 is 11.6 Å². The quantitative estimate of drug-likeness (QED) is 0.829. The summed E-state index contributed by atoms with van der Waals surface area (Å²) in [4.78, 5) is 21.7. The van der Waals surface area contributed by atoms with Gasteiger partial charge in [-0.2, -0.15) is 10.1 Å². The molecule has 1 aliphatic rings. The molecular weight excluding hydrogens is 280 g/mol. The molecule has 7 nitrogen and oxygen atoms in total. The molecule has 0 saturated heterocycles. The molecule has 0 spiro atoms. The monoisotopic (exact) mass is 292 g/mol. The van der Waals surface area contributed by atoms with E-state index in [-0.39, 0.29) is 23.4 Å². The summed E-state index contributed by atoms with van der Waals surface area (Å²) >= 11 is 6.02. The Morgan fingerprint density at radius 3 is 2.85 bits per heavy atom. The minimum atomic E-state index is -0.0688. The number of carbonyl (C=O) groups excluding carboxylic acids is 1. The summed E-state index contributed by atoms with van der Waals surface area (Å²) in [5, 5.41) is 4.50. The van der Waals surface area contributed by atoms with Crippen LogP contribution < -0.4 is 10.6 Å². The highest BCUT2D eigenvalue weighted by atomic mass is 35.5. The highest BCUT2D eigenvalue weighted by Gasteiger charge is 2.32. The zero-order valence-electron chi connectivity index (χ0n) is 11.1. The van der Waals surface area contributed by atoms with Gasteiger partial charge in [-0.05, 0) is 13.0 Å². The number of amides is 1. The molecular formula is C12H13ClN6O. The fraction of sp³-hybridized carbons (Fsp3) is 0.333. The van der Waals surface area contributed by atoms with Gasteiger partial charge in [0.05, 0.1) is 24.4 Å². The van der Waals surface area contributed by atoms with Crippen LogP contribution in [0.15, 0.2) is 6.07 Å². The average molecular weight is 293 g/mol. The van der Waals surface area contributed by atoms with Gasteiger partial charge < -0.3 is 5.73 Å². The molecule has 2 N–H and O–H groups in total. The van der Waals surface area contributed by atoms with Crippen molar-refractivity contribution in [3.63, 3.8) is 0 Å². The van der Waals surface area contributed by atoms with Crippen molar-refractivity contribution in [2.45, 2.75) is 19.9 Å². The molecule has 8 heteroatoms. The average Bonchev–Trinajstić information content (AvgIpc) is 2.82. The predicted molar refractivity (Wildman–Crippen MR) is 74.3 cm³/mol. The maximum absolute atomic E-state index is 12.1. The molecule has 0 saturated carbocycles. The van der Waals surface area contributed by atoms with Crippen LogP contribution in [-0.4, -0.2) is 25.7 Å². The second-order valence-electron chi connectivity index (χ2n) is 4.73. The molecule has 0 atom stereocenters. The number of hydrogen-bond donors (Lipinski definition) is 1. The molecule has 0 bridgehead atoms. The van der Waals surface area contributed by atoms with E-state index in [4.69, 9.17) is 17.3 Å². The van der Waals surface area contributed by atoms with Crippen LogP contribution in [0.25, 0.3) is 0 Å². The van der Waals surface area contributed by atoms with Crippen molar-refractivity contribution in [1.29, 1.82) is 0 Å². The Morgan fingerprint density at radius 2 is 2.20 bits per heavy atom. The van der Waals surface area contributed by atoms with Crippen LogP contribution in [0.5, 0.6) is 0 Å². The first-order chi connectivity index (χ1) is 9.45. The molecule has 1 amide bonds. The number of nitrogens with zero attached hydrogens (tertiary/aromatic N) is 5. The van der Waals surface area contributed by atoms with Gasteiger partial charge in [0.15, 0.2) is 0 Å². The van der Waals surface area contributed by atoms with E-state index in [0.717, 1.165) is 11.4 Å². The van der Waals surface area contributed by atoms with Gasteiger partial charge in [-0.3, -0.25) is 14.4 Å². The number of nitrogens with two attached hydrogens (primary N) is 1. The summed E-state index contributed by atoms with van der Waals surface area (Å²) in [5.41, 5.74) is 8.05. The van der Waals surface area contributed by atoms with Gasteiger partial charge in [0, 0.05) is 12.6 Å². The maximum atomic E-state index is 12.1. The summed E-state index contributed by atoms with van der Waals surface area (Å²) in [6, 6.07) is 1.93. The van der Waals surface area contributed by atoms with Gasteiger partial charge in [-0.15, -0.1) is 0 Å². The lowest BCUT2D eigenvalue weighted by Crippen LogP contribution is -2.27. The molecule has 0 unspecified atom stereocenters. The molecule has 1 aliphatic heterocycles.